The lowest BCUT2D eigenvalue weighted by atomic mass is 10.0. The molecule has 94 valence electrons. The lowest BCUT2D eigenvalue weighted by molar-refractivity contribution is 0.303. The molecule has 2 heteroatoms. The molecule has 2 nitrogen and oxygen atoms in total. The Morgan fingerprint density at radius 3 is 2.22 bits per heavy atom. The van der Waals surface area contributed by atoms with Crippen LogP contribution in [0.25, 0.3) is 0 Å². The number of aryl methyl sites for hydroxylation is 2. The first kappa shape index (κ1) is 12.5. The minimum atomic E-state index is 0.586. The quantitative estimate of drug-likeness (QED) is 0.830. The van der Waals surface area contributed by atoms with Crippen molar-refractivity contribution in [3.63, 3.8) is 0 Å². The zero-order chi connectivity index (χ0) is 13.1. The summed E-state index contributed by atoms with van der Waals surface area (Å²) in [6, 6.07) is 12.1. The van der Waals surface area contributed by atoms with Crippen molar-refractivity contribution in [2.45, 2.75) is 27.4 Å². The number of rotatable bonds is 3. The van der Waals surface area contributed by atoms with E-state index in [-0.39, 0.29) is 0 Å². The second kappa shape index (κ2) is 5.13. The summed E-state index contributed by atoms with van der Waals surface area (Å²) in [5.74, 6) is 0.859. The van der Waals surface area contributed by atoms with Crippen LogP contribution in [0.3, 0.4) is 0 Å². The molecule has 0 aromatic heterocycles. The molecule has 0 spiro atoms. The summed E-state index contributed by atoms with van der Waals surface area (Å²) < 4.78 is 5.89. The Balaban J connectivity index is 2.19. The molecule has 0 unspecified atom stereocenters. The summed E-state index contributed by atoms with van der Waals surface area (Å²) in [5, 5.41) is 0. The van der Waals surface area contributed by atoms with Crippen LogP contribution in [0.2, 0.25) is 0 Å². The van der Waals surface area contributed by atoms with Gasteiger partial charge in [0, 0.05) is 11.3 Å². The number of nitrogen functional groups attached to an aromatic ring is 1. The lowest BCUT2D eigenvalue weighted by Crippen LogP contribution is -2.02. The van der Waals surface area contributed by atoms with Crippen LogP contribution in [-0.2, 0) is 6.61 Å². The van der Waals surface area contributed by atoms with Gasteiger partial charge in [0.2, 0.25) is 0 Å². The van der Waals surface area contributed by atoms with Gasteiger partial charge in [0.1, 0.15) is 12.4 Å². The van der Waals surface area contributed by atoms with Gasteiger partial charge in [0.25, 0.3) is 0 Å². The van der Waals surface area contributed by atoms with E-state index in [0.717, 1.165) is 17.0 Å². The van der Waals surface area contributed by atoms with Gasteiger partial charge in [-0.2, -0.15) is 0 Å². The van der Waals surface area contributed by atoms with E-state index in [2.05, 4.69) is 32.0 Å². The normalized spacial score (nSPS) is 10.4. The molecule has 0 heterocycles. The fourth-order valence-electron chi connectivity index (χ4n) is 2.01. The van der Waals surface area contributed by atoms with E-state index in [1.165, 1.54) is 16.7 Å². The topological polar surface area (TPSA) is 35.2 Å². The van der Waals surface area contributed by atoms with E-state index < -0.39 is 0 Å². The number of ether oxygens (including phenoxy) is 1. The van der Waals surface area contributed by atoms with Crippen molar-refractivity contribution < 1.29 is 4.74 Å². The van der Waals surface area contributed by atoms with Gasteiger partial charge >= 0.3 is 0 Å². The minimum Gasteiger partial charge on any atom is -0.489 e. The largest absolute Gasteiger partial charge is 0.489 e. The van der Waals surface area contributed by atoms with Crippen LogP contribution in [0.15, 0.2) is 36.4 Å². The van der Waals surface area contributed by atoms with E-state index in [4.69, 9.17) is 10.5 Å². The molecule has 0 bridgehead atoms. The maximum absolute atomic E-state index is 5.89. The smallest absolute Gasteiger partial charge is 0.124 e. The average molecular weight is 241 g/mol. The van der Waals surface area contributed by atoms with Crippen LogP contribution < -0.4 is 10.5 Å². The molecule has 0 atom stereocenters. The molecule has 2 aromatic rings. The lowest BCUT2D eigenvalue weighted by Gasteiger charge is -2.13. The van der Waals surface area contributed by atoms with Gasteiger partial charge in [-0.05, 0) is 49.6 Å². The fourth-order valence-corrected chi connectivity index (χ4v) is 2.01. The number of benzene rings is 2. The van der Waals surface area contributed by atoms with Gasteiger partial charge in [-0.3, -0.25) is 0 Å². The Bertz CT molecular complexity index is 541. The molecular formula is C16H19NO. The summed E-state index contributed by atoms with van der Waals surface area (Å²) in [6.45, 7) is 6.79. The predicted octanol–water partition coefficient (Wildman–Crippen LogP) is 3.77. The third-order valence-electron chi connectivity index (χ3n) is 3.34. The van der Waals surface area contributed by atoms with Gasteiger partial charge in [-0.15, -0.1) is 0 Å². The predicted molar refractivity (Wildman–Crippen MR) is 75.8 cm³/mol. The first-order valence-corrected chi connectivity index (χ1v) is 6.12. The summed E-state index contributed by atoms with van der Waals surface area (Å²) in [4.78, 5) is 0. The molecule has 0 saturated heterocycles. The highest BCUT2D eigenvalue weighted by Gasteiger charge is 2.06. The van der Waals surface area contributed by atoms with E-state index in [1.807, 2.05) is 25.1 Å². The van der Waals surface area contributed by atoms with Crippen molar-refractivity contribution in [2.75, 3.05) is 5.73 Å². The first-order valence-electron chi connectivity index (χ1n) is 6.12. The maximum Gasteiger partial charge on any atom is 0.124 e. The van der Waals surface area contributed by atoms with Crippen LogP contribution >= 0.6 is 0 Å². The van der Waals surface area contributed by atoms with Crippen molar-refractivity contribution in [1.82, 2.24) is 0 Å². The fraction of sp³-hybridized carbons (Fsp3) is 0.250. The molecule has 18 heavy (non-hydrogen) atoms. The number of anilines is 1. The molecule has 0 amide bonds. The molecule has 0 fully saturated rings. The molecule has 2 rings (SSSR count). The molecule has 0 saturated carbocycles. The van der Waals surface area contributed by atoms with E-state index in [9.17, 15) is 0 Å². The third kappa shape index (κ3) is 2.48. The Morgan fingerprint density at radius 2 is 1.56 bits per heavy atom. The Labute approximate surface area is 108 Å². The van der Waals surface area contributed by atoms with Gasteiger partial charge in [-0.25, -0.2) is 0 Å². The zero-order valence-electron chi connectivity index (χ0n) is 11.2. The van der Waals surface area contributed by atoms with Gasteiger partial charge in [0.05, 0.1) is 0 Å². The summed E-state index contributed by atoms with van der Waals surface area (Å²) in [5.41, 5.74) is 11.4. The van der Waals surface area contributed by atoms with Crippen LogP contribution in [0.5, 0.6) is 5.75 Å². The molecule has 0 aliphatic heterocycles. The zero-order valence-corrected chi connectivity index (χ0v) is 11.2. The molecule has 0 radical (unpaired) electrons. The summed E-state index contributed by atoms with van der Waals surface area (Å²) in [7, 11) is 0. The van der Waals surface area contributed by atoms with Crippen LogP contribution in [0.4, 0.5) is 5.69 Å². The van der Waals surface area contributed by atoms with Crippen molar-refractivity contribution in [2.24, 2.45) is 0 Å². The van der Waals surface area contributed by atoms with Crippen LogP contribution in [0, 0.1) is 20.8 Å². The van der Waals surface area contributed by atoms with E-state index >= 15 is 0 Å². The van der Waals surface area contributed by atoms with Gasteiger partial charge in [0.15, 0.2) is 0 Å². The summed E-state index contributed by atoms with van der Waals surface area (Å²) in [6.07, 6.45) is 0. The number of hydrogen-bond donors (Lipinski definition) is 1. The Hall–Kier alpha value is -1.96. The van der Waals surface area contributed by atoms with E-state index in [1.54, 1.807) is 0 Å². The monoisotopic (exact) mass is 241 g/mol. The standard InChI is InChI=1S/C16H19NO/c1-11-6-4-7-12(2)14(11)10-18-16-9-5-8-15(17)13(16)3/h4-9H,10,17H2,1-3H3. The highest BCUT2D eigenvalue weighted by molar-refractivity contribution is 5.53. The van der Waals surface area contributed by atoms with Crippen LogP contribution in [0.1, 0.15) is 22.3 Å². The Kier molecular flexibility index (Phi) is 3.56. The minimum absolute atomic E-state index is 0.586. The van der Waals surface area contributed by atoms with Crippen molar-refractivity contribution in [3.05, 3.63) is 58.7 Å². The second-order valence-corrected chi connectivity index (χ2v) is 4.63. The third-order valence-corrected chi connectivity index (χ3v) is 3.34. The van der Waals surface area contributed by atoms with Crippen LogP contribution in [-0.4, -0.2) is 0 Å². The molecule has 2 aromatic carbocycles. The number of nitrogens with two attached hydrogens (primary N) is 1. The highest BCUT2D eigenvalue weighted by Crippen LogP contribution is 2.24. The SMILES string of the molecule is Cc1cccc(C)c1COc1cccc(N)c1C. The number of hydrogen-bond acceptors (Lipinski definition) is 2. The Morgan fingerprint density at radius 1 is 0.944 bits per heavy atom. The second-order valence-electron chi connectivity index (χ2n) is 4.63. The first-order chi connectivity index (χ1) is 8.59. The molecular weight excluding hydrogens is 222 g/mol. The van der Waals surface area contributed by atoms with Crippen molar-refractivity contribution >= 4 is 5.69 Å². The molecule has 0 aliphatic carbocycles. The van der Waals surface area contributed by atoms with E-state index in [0.29, 0.717) is 6.61 Å². The molecule has 2 N–H and O–H groups in total. The van der Waals surface area contributed by atoms with Crippen molar-refractivity contribution in [1.29, 1.82) is 0 Å². The van der Waals surface area contributed by atoms with Crippen molar-refractivity contribution in [3.8, 4) is 5.75 Å². The van der Waals surface area contributed by atoms with Gasteiger partial charge < -0.3 is 10.5 Å². The average Bonchev–Trinajstić information content (AvgIpc) is 2.33. The summed E-state index contributed by atoms with van der Waals surface area (Å²) >= 11 is 0. The van der Waals surface area contributed by atoms with Gasteiger partial charge in [-0.1, -0.05) is 24.3 Å². The maximum atomic E-state index is 5.89. The molecule has 0 aliphatic rings. The highest BCUT2D eigenvalue weighted by atomic mass is 16.5.